The maximum absolute atomic E-state index is 12.0. The smallest absolute Gasteiger partial charge is 0.251 e. The molecule has 6 heteroatoms. The quantitative estimate of drug-likeness (QED) is 0.626. The molecule has 0 aliphatic rings. The van der Waals surface area contributed by atoms with Crippen molar-refractivity contribution in [3.05, 3.63) is 65.2 Å². The Bertz CT molecular complexity index is 724. The first-order chi connectivity index (χ1) is 12.4. The van der Waals surface area contributed by atoms with Gasteiger partial charge in [-0.2, -0.15) is 0 Å². The highest BCUT2D eigenvalue weighted by Crippen LogP contribution is 2.07. The highest BCUT2D eigenvalue weighted by Gasteiger charge is 2.06. The maximum atomic E-state index is 12.0. The number of hydrogen-bond donors (Lipinski definition) is 3. The zero-order valence-corrected chi connectivity index (χ0v) is 15.3. The van der Waals surface area contributed by atoms with E-state index in [1.165, 1.54) is 0 Å². The first kappa shape index (κ1) is 19.5. The summed E-state index contributed by atoms with van der Waals surface area (Å²) in [7, 11) is 3.92. The van der Waals surface area contributed by atoms with Gasteiger partial charge in [-0.25, -0.2) is 0 Å². The summed E-state index contributed by atoms with van der Waals surface area (Å²) in [6, 6.07) is 14.5. The van der Waals surface area contributed by atoms with Gasteiger partial charge in [0.05, 0.1) is 6.42 Å². The fourth-order valence-electron chi connectivity index (χ4n) is 2.35. The number of nitrogen functional groups attached to an aromatic ring is 1. The standard InChI is InChI=1S/C20H26N4O2/c1-24(2)12-11-22-20(26)17-7-3-16(4-8-17)14-23-19(25)13-15-5-9-18(21)10-6-15/h3-10H,11-14,21H2,1-2H3,(H,22,26)(H,23,25). The van der Waals surface area contributed by atoms with Crippen LogP contribution in [0.25, 0.3) is 0 Å². The molecule has 2 aromatic rings. The van der Waals surface area contributed by atoms with Crippen molar-refractivity contribution in [2.75, 3.05) is 32.9 Å². The molecule has 0 heterocycles. The van der Waals surface area contributed by atoms with Gasteiger partial charge in [-0.1, -0.05) is 24.3 Å². The van der Waals surface area contributed by atoms with Crippen molar-refractivity contribution >= 4 is 17.5 Å². The van der Waals surface area contributed by atoms with Gasteiger partial charge >= 0.3 is 0 Å². The fraction of sp³-hybridized carbons (Fsp3) is 0.300. The van der Waals surface area contributed by atoms with Crippen LogP contribution in [0, 0.1) is 0 Å². The minimum atomic E-state index is -0.0919. The number of amides is 2. The molecule has 4 N–H and O–H groups in total. The highest BCUT2D eigenvalue weighted by molar-refractivity contribution is 5.94. The lowest BCUT2D eigenvalue weighted by Gasteiger charge is -2.11. The molecule has 2 amide bonds. The van der Waals surface area contributed by atoms with Crippen LogP contribution in [0.2, 0.25) is 0 Å². The Kier molecular flexibility index (Phi) is 7.17. The molecule has 2 aromatic carbocycles. The molecule has 0 radical (unpaired) electrons. The predicted molar refractivity (Wildman–Crippen MR) is 104 cm³/mol. The number of nitrogens with two attached hydrogens (primary N) is 1. The van der Waals surface area contributed by atoms with Crippen molar-refractivity contribution in [2.24, 2.45) is 0 Å². The molecule has 138 valence electrons. The molecule has 0 aromatic heterocycles. The number of rotatable bonds is 8. The van der Waals surface area contributed by atoms with E-state index in [-0.39, 0.29) is 11.8 Å². The third-order valence-corrected chi connectivity index (χ3v) is 3.89. The SMILES string of the molecule is CN(C)CCNC(=O)c1ccc(CNC(=O)Cc2ccc(N)cc2)cc1. The number of carbonyl (C=O) groups is 2. The number of likely N-dealkylation sites (N-methyl/N-ethyl adjacent to an activating group) is 1. The van der Waals surface area contributed by atoms with Crippen LogP contribution in [0.5, 0.6) is 0 Å². The summed E-state index contributed by atoms with van der Waals surface area (Å²) in [4.78, 5) is 26.0. The number of hydrogen-bond acceptors (Lipinski definition) is 4. The lowest BCUT2D eigenvalue weighted by molar-refractivity contribution is -0.120. The van der Waals surface area contributed by atoms with E-state index in [0.717, 1.165) is 17.7 Å². The van der Waals surface area contributed by atoms with Gasteiger partial charge in [-0.3, -0.25) is 9.59 Å². The van der Waals surface area contributed by atoms with Crippen LogP contribution in [-0.2, 0) is 17.8 Å². The lowest BCUT2D eigenvalue weighted by Crippen LogP contribution is -2.31. The first-order valence-corrected chi connectivity index (χ1v) is 8.57. The minimum absolute atomic E-state index is 0.0553. The molecule has 0 fully saturated rings. The summed E-state index contributed by atoms with van der Waals surface area (Å²) >= 11 is 0. The molecule has 0 saturated heterocycles. The van der Waals surface area contributed by atoms with Crippen molar-refractivity contribution in [3.8, 4) is 0 Å². The van der Waals surface area contributed by atoms with Crippen molar-refractivity contribution in [1.29, 1.82) is 0 Å². The van der Waals surface area contributed by atoms with Crippen LogP contribution in [0.3, 0.4) is 0 Å². The van der Waals surface area contributed by atoms with Gasteiger partial charge in [-0.05, 0) is 49.5 Å². The van der Waals surface area contributed by atoms with E-state index in [4.69, 9.17) is 5.73 Å². The Morgan fingerprint density at radius 2 is 1.54 bits per heavy atom. The largest absolute Gasteiger partial charge is 0.399 e. The zero-order valence-electron chi connectivity index (χ0n) is 15.3. The monoisotopic (exact) mass is 354 g/mol. The predicted octanol–water partition coefficient (Wildman–Crippen LogP) is 1.42. The lowest BCUT2D eigenvalue weighted by atomic mass is 10.1. The summed E-state index contributed by atoms with van der Waals surface area (Å²) in [6.07, 6.45) is 0.312. The second kappa shape index (κ2) is 9.58. The molecule has 0 aliphatic heterocycles. The zero-order chi connectivity index (χ0) is 18.9. The molecule has 0 aliphatic carbocycles. The van der Waals surface area contributed by atoms with Crippen LogP contribution < -0.4 is 16.4 Å². The number of benzene rings is 2. The van der Waals surface area contributed by atoms with Gasteiger partial charge < -0.3 is 21.3 Å². The number of nitrogens with zero attached hydrogens (tertiary/aromatic N) is 1. The molecule has 0 unspecified atom stereocenters. The second-order valence-electron chi connectivity index (χ2n) is 6.45. The normalized spacial score (nSPS) is 10.6. The molecule has 0 saturated carbocycles. The Labute approximate surface area is 154 Å². The molecule has 26 heavy (non-hydrogen) atoms. The number of carbonyl (C=O) groups excluding carboxylic acids is 2. The van der Waals surface area contributed by atoms with Crippen molar-refractivity contribution in [2.45, 2.75) is 13.0 Å². The number of anilines is 1. The topological polar surface area (TPSA) is 87.5 Å². The van der Waals surface area contributed by atoms with Crippen molar-refractivity contribution in [1.82, 2.24) is 15.5 Å². The third-order valence-electron chi connectivity index (χ3n) is 3.89. The summed E-state index contributed by atoms with van der Waals surface area (Å²) in [6.45, 7) is 1.83. The molecule has 6 nitrogen and oxygen atoms in total. The van der Waals surface area contributed by atoms with Crippen LogP contribution >= 0.6 is 0 Å². The summed E-state index contributed by atoms with van der Waals surface area (Å²) < 4.78 is 0. The highest BCUT2D eigenvalue weighted by atomic mass is 16.2. The van der Waals surface area contributed by atoms with E-state index < -0.39 is 0 Å². The van der Waals surface area contributed by atoms with E-state index in [1.54, 1.807) is 24.3 Å². The molecule has 0 spiro atoms. The van der Waals surface area contributed by atoms with Gasteiger partial charge in [0.25, 0.3) is 5.91 Å². The van der Waals surface area contributed by atoms with Gasteiger partial charge in [0, 0.05) is 30.9 Å². The van der Waals surface area contributed by atoms with Crippen LogP contribution in [-0.4, -0.2) is 43.9 Å². The first-order valence-electron chi connectivity index (χ1n) is 8.57. The average molecular weight is 354 g/mol. The maximum Gasteiger partial charge on any atom is 0.251 e. The Morgan fingerprint density at radius 3 is 2.15 bits per heavy atom. The molecule has 2 rings (SSSR count). The van der Waals surface area contributed by atoms with Crippen molar-refractivity contribution < 1.29 is 9.59 Å². The summed E-state index contributed by atoms with van der Waals surface area (Å²) in [5.41, 5.74) is 8.79. The van der Waals surface area contributed by atoms with Gasteiger partial charge in [-0.15, -0.1) is 0 Å². The van der Waals surface area contributed by atoms with Gasteiger partial charge in [0.1, 0.15) is 0 Å². The van der Waals surface area contributed by atoms with Crippen molar-refractivity contribution in [3.63, 3.8) is 0 Å². The minimum Gasteiger partial charge on any atom is -0.399 e. The summed E-state index contributed by atoms with van der Waals surface area (Å²) in [5.74, 6) is -0.147. The van der Waals surface area contributed by atoms with Gasteiger partial charge in [0.15, 0.2) is 0 Å². The molecular weight excluding hydrogens is 328 g/mol. The third kappa shape index (κ3) is 6.57. The van der Waals surface area contributed by atoms with E-state index in [2.05, 4.69) is 10.6 Å². The fourth-order valence-corrected chi connectivity index (χ4v) is 2.35. The van der Waals surface area contributed by atoms with E-state index in [1.807, 2.05) is 43.3 Å². The molecule has 0 atom stereocenters. The van der Waals surface area contributed by atoms with E-state index >= 15 is 0 Å². The second-order valence-corrected chi connectivity index (χ2v) is 6.45. The van der Waals surface area contributed by atoms with Crippen LogP contribution in [0.15, 0.2) is 48.5 Å². The Morgan fingerprint density at radius 1 is 0.923 bits per heavy atom. The number of nitrogens with one attached hydrogen (secondary N) is 2. The van der Waals surface area contributed by atoms with Crippen LogP contribution in [0.1, 0.15) is 21.5 Å². The average Bonchev–Trinajstić information content (AvgIpc) is 2.62. The molecule has 0 bridgehead atoms. The molecular formula is C20H26N4O2. The Balaban J connectivity index is 1.78. The summed E-state index contributed by atoms with van der Waals surface area (Å²) in [5, 5.41) is 5.75. The van der Waals surface area contributed by atoms with E-state index in [0.29, 0.717) is 30.8 Å². The Hall–Kier alpha value is -2.86. The van der Waals surface area contributed by atoms with Crippen LogP contribution in [0.4, 0.5) is 5.69 Å². The van der Waals surface area contributed by atoms with E-state index in [9.17, 15) is 9.59 Å². The van der Waals surface area contributed by atoms with Gasteiger partial charge in [0.2, 0.25) is 5.91 Å².